The Morgan fingerprint density at radius 3 is 2.54 bits per heavy atom. The Morgan fingerprint density at radius 2 is 1.88 bits per heavy atom. The lowest BCUT2D eigenvalue weighted by atomic mass is 10.1. The van der Waals surface area contributed by atoms with Crippen molar-refractivity contribution < 1.29 is 4.79 Å². The number of hydrogen-bond donors (Lipinski definition) is 1. The molecule has 0 aliphatic heterocycles. The molecule has 0 aliphatic rings. The zero-order valence-electron chi connectivity index (χ0n) is 15.2. The maximum absolute atomic E-state index is 12.6. The molecule has 0 fully saturated rings. The Balaban J connectivity index is 1.75. The summed E-state index contributed by atoms with van der Waals surface area (Å²) in [6, 6.07) is 9.87. The zero-order chi connectivity index (χ0) is 18.5. The highest BCUT2D eigenvalue weighted by Crippen LogP contribution is 2.25. The molecular weight excluding hydrogens is 344 g/mol. The van der Waals surface area contributed by atoms with Crippen LogP contribution in [0.15, 0.2) is 48.1 Å². The van der Waals surface area contributed by atoms with Crippen LogP contribution in [0.3, 0.4) is 0 Å². The van der Waals surface area contributed by atoms with Crippen molar-refractivity contribution in [1.82, 2.24) is 9.97 Å². The van der Waals surface area contributed by atoms with E-state index >= 15 is 0 Å². The molecule has 0 radical (unpaired) electrons. The van der Waals surface area contributed by atoms with E-state index in [0.29, 0.717) is 5.69 Å². The molecule has 1 amide bonds. The molecule has 2 heterocycles. The Hall–Kier alpha value is -2.73. The first kappa shape index (κ1) is 18.1. The summed E-state index contributed by atoms with van der Waals surface area (Å²) in [5.41, 5.74) is 4.40. The molecule has 0 atom stereocenters. The third-order valence-electron chi connectivity index (χ3n) is 4.25. The summed E-state index contributed by atoms with van der Waals surface area (Å²) in [7, 11) is 0. The third kappa shape index (κ3) is 3.91. The standard InChI is InChI=1S/C20H22N4OS/c1-4-24(5-2)16-6-7-17(14(3)12-16)22-19(25)18-13-26-20(23-18)15-8-10-21-11-9-15/h6-13H,4-5H2,1-3H3,(H,22,25). The van der Waals surface area contributed by atoms with Crippen LogP contribution >= 0.6 is 11.3 Å². The normalized spacial score (nSPS) is 10.6. The van der Waals surface area contributed by atoms with Crippen LogP contribution in [0.25, 0.3) is 10.6 Å². The SMILES string of the molecule is CCN(CC)c1ccc(NC(=O)c2csc(-c3ccncc3)n2)c(C)c1. The molecular formula is C20H22N4OS. The number of amides is 1. The minimum Gasteiger partial charge on any atom is -0.372 e. The number of anilines is 2. The van der Waals surface area contributed by atoms with Crippen molar-refractivity contribution in [1.29, 1.82) is 0 Å². The fourth-order valence-corrected chi connectivity index (χ4v) is 3.57. The number of aryl methyl sites for hydroxylation is 1. The summed E-state index contributed by atoms with van der Waals surface area (Å²) in [6.45, 7) is 8.19. The van der Waals surface area contributed by atoms with Gasteiger partial charge in [0, 0.05) is 47.8 Å². The molecule has 5 nitrogen and oxygen atoms in total. The van der Waals surface area contributed by atoms with Gasteiger partial charge in [0.2, 0.25) is 0 Å². The lowest BCUT2D eigenvalue weighted by Crippen LogP contribution is -2.22. The fourth-order valence-electron chi connectivity index (χ4n) is 2.77. The first-order chi connectivity index (χ1) is 12.6. The summed E-state index contributed by atoms with van der Waals surface area (Å²) in [5.74, 6) is -0.194. The van der Waals surface area contributed by atoms with Gasteiger partial charge in [0.15, 0.2) is 0 Å². The number of carbonyl (C=O) groups is 1. The Labute approximate surface area is 157 Å². The van der Waals surface area contributed by atoms with Crippen molar-refractivity contribution in [2.45, 2.75) is 20.8 Å². The van der Waals surface area contributed by atoms with Crippen molar-refractivity contribution in [3.8, 4) is 10.6 Å². The maximum atomic E-state index is 12.6. The highest BCUT2D eigenvalue weighted by atomic mass is 32.1. The molecule has 0 saturated heterocycles. The number of benzene rings is 1. The van der Waals surface area contributed by atoms with Gasteiger partial charge in [0.05, 0.1) is 0 Å². The van der Waals surface area contributed by atoms with Gasteiger partial charge < -0.3 is 10.2 Å². The first-order valence-corrected chi connectivity index (χ1v) is 9.53. The maximum Gasteiger partial charge on any atom is 0.275 e. The summed E-state index contributed by atoms with van der Waals surface area (Å²) < 4.78 is 0. The topological polar surface area (TPSA) is 58.1 Å². The molecule has 0 aliphatic carbocycles. The largest absolute Gasteiger partial charge is 0.372 e. The molecule has 0 spiro atoms. The van der Waals surface area contributed by atoms with Gasteiger partial charge in [-0.15, -0.1) is 11.3 Å². The fraction of sp³-hybridized carbons (Fsp3) is 0.250. The second-order valence-corrected chi connectivity index (χ2v) is 6.76. The number of carbonyl (C=O) groups excluding carboxylic acids is 1. The van der Waals surface area contributed by atoms with Gasteiger partial charge in [-0.25, -0.2) is 4.98 Å². The zero-order valence-corrected chi connectivity index (χ0v) is 16.0. The molecule has 3 rings (SSSR count). The van der Waals surface area contributed by atoms with Gasteiger partial charge >= 0.3 is 0 Å². The lowest BCUT2D eigenvalue weighted by molar-refractivity contribution is 0.102. The van der Waals surface area contributed by atoms with Gasteiger partial charge in [0.25, 0.3) is 5.91 Å². The van der Waals surface area contributed by atoms with Gasteiger partial charge in [-0.1, -0.05) is 0 Å². The Bertz CT molecular complexity index is 888. The number of nitrogens with zero attached hydrogens (tertiary/aromatic N) is 3. The number of pyridine rings is 1. The van der Waals surface area contributed by atoms with Crippen molar-refractivity contribution in [3.05, 3.63) is 59.4 Å². The van der Waals surface area contributed by atoms with Crippen molar-refractivity contribution in [2.24, 2.45) is 0 Å². The minimum absolute atomic E-state index is 0.194. The smallest absolute Gasteiger partial charge is 0.275 e. The van der Waals surface area contributed by atoms with E-state index < -0.39 is 0 Å². The van der Waals surface area contributed by atoms with Crippen LogP contribution < -0.4 is 10.2 Å². The molecule has 0 bridgehead atoms. The van der Waals surface area contributed by atoms with E-state index in [9.17, 15) is 4.79 Å². The second-order valence-electron chi connectivity index (χ2n) is 5.90. The van der Waals surface area contributed by atoms with E-state index in [1.54, 1.807) is 17.8 Å². The highest BCUT2D eigenvalue weighted by Gasteiger charge is 2.14. The highest BCUT2D eigenvalue weighted by molar-refractivity contribution is 7.13. The molecule has 134 valence electrons. The summed E-state index contributed by atoms with van der Waals surface area (Å²) in [6.07, 6.45) is 3.44. The second kappa shape index (κ2) is 8.10. The van der Waals surface area contributed by atoms with Gasteiger partial charge in [-0.05, 0) is 56.7 Å². The number of nitrogens with one attached hydrogen (secondary N) is 1. The predicted octanol–water partition coefficient (Wildman–Crippen LogP) is 4.61. The summed E-state index contributed by atoms with van der Waals surface area (Å²) in [5, 5.41) is 5.56. The number of rotatable bonds is 6. The number of thiazole rings is 1. The van der Waals surface area contributed by atoms with Crippen molar-refractivity contribution >= 4 is 28.6 Å². The average Bonchev–Trinajstić information content (AvgIpc) is 3.16. The molecule has 3 aromatic rings. The van der Waals surface area contributed by atoms with Crippen LogP contribution in [0.1, 0.15) is 29.9 Å². The van der Waals surface area contributed by atoms with Crippen LogP contribution in [-0.4, -0.2) is 29.0 Å². The van der Waals surface area contributed by atoms with Crippen LogP contribution in [0.2, 0.25) is 0 Å². The molecule has 6 heteroatoms. The summed E-state index contributed by atoms with van der Waals surface area (Å²) >= 11 is 1.45. The Morgan fingerprint density at radius 1 is 1.15 bits per heavy atom. The molecule has 2 aromatic heterocycles. The molecule has 26 heavy (non-hydrogen) atoms. The van der Waals surface area contributed by atoms with E-state index in [2.05, 4.69) is 40.1 Å². The molecule has 0 saturated carbocycles. The molecule has 0 unspecified atom stereocenters. The molecule has 1 N–H and O–H groups in total. The van der Waals surface area contributed by atoms with Gasteiger partial charge in [-0.2, -0.15) is 0 Å². The van der Waals surface area contributed by atoms with E-state index in [1.165, 1.54) is 17.0 Å². The van der Waals surface area contributed by atoms with Crippen LogP contribution in [0, 0.1) is 6.92 Å². The van der Waals surface area contributed by atoms with E-state index in [0.717, 1.165) is 34.9 Å². The van der Waals surface area contributed by atoms with Crippen LogP contribution in [0.5, 0.6) is 0 Å². The quantitative estimate of drug-likeness (QED) is 0.692. The van der Waals surface area contributed by atoms with Gasteiger partial charge in [-0.3, -0.25) is 9.78 Å². The van der Waals surface area contributed by atoms with E-state index in [4.69, 9.17) is 0 Å². The Kier molecular flexibility index (Phi) is 5.63. The average molecular weight is 366 g/mol. The molecule has 1 aromatic carbocycles. The lowest BCUT2D eigenvalue weighted by Gasteiger charge is -2.22. The predicted molar refractivity (Wildman–Crippen MR) is 108 cm³/mol. The monoisotopic (exact) mass is 366 g/mol. The first-order valence-electron chi connectivity index (χ1n) is 8.65. The van der Waals surface area contributed by atoms with E-state index in [1.807, 2.05) is 31.2 Å². The van der Waals surface area contributed by atoms with Crippen molar-refractivity contribution in [2.75, 3.05) is 23.3 Å². The number of aromatic nitrogens is 2. The van der Waals surface area contributed by atoms with Gasteiger partial charge in [0.1, 0.15) is 10.7 Å². The third-order valence-corrected chi connectivity index (χ3v) is 5.14. The van der Waals surface area contributed by atoms with Crippen molar-refractivity contribution in [3.63, 3.8) is 0 Å². The summed E-state index contributed by atoms with van der Waals surface area (Å²) in [4.78, 5) is 23.3. The number of hydrogen-bond acceptors (Lipinski definition) is 5. The minimum atomic E-state index is -0.194. The van der Waals surface area contributed by atoms with Crippen LogP contribution in [0.4, 0.5) is 11.4 Å². The van der Waals surface area contributed by atoms with Crippen LogP contribution in [-0.2, 0) is 0 Å². The van der Waals surface area contributed by atoms with E-state index in [-0.39, 0.29) is 5.91 Å².